The molecule has 3 atom stereocenters. The number of aromatic nitrogens is 1. The van der Waals surface area contributed by atoms with Gasteiger partial charge in [-0.15, -0.1) is 0 Å². The van der Waals surface area contributed by atoms with Gasteiger partial charge in [0.05, 0.1) is 6.10 Å². The number of fused-ring (bicyclic) bond motifs is 1. The summed E-state index contributed by atoms with van der Waals surface area (Å²) in [6, 6.07) is 8.47. The molecule has 0 aliphatic heterocycles. The highest BCUT2D eigenvalue weighted by atomic mass is 16.3. The highest BCUT2D eigenvalue weighted by Gasteiger charge is 2.32. The van der Waals surface area contributed by atoms with Gasteiger partial charge >= 0.3 is 0 Å². The third kappa shape index (κ3) is 1.73. The molecule has 3 rings (SSSR count). The second-order valence-electron chi connectivity index (χ2n) is 5.05. The van der Waals surface area contributed by atoms with Crippen LogP contribution in [0, 0.1) is 5.92 Å². The molecule has 2 nitrogen and oxygen atoms in total. The molecule has 0 bridgehead atoms. The molecule has 1 aromatic heterocycles. The second-order valence-corrected chi connectivity index (χ2v) is 5.05. The topological polar surface area (TPSA) is 33.1 Å². The molecule has 1 aliphatic rings. The zero-order chi connectivity index (χ0) is 11.8. The molecule has 0 amide bonds. The maximum Gasteiger partial charge on any atom is 0.0571 e. The van der Waals surface area contributed by atoms with E-state index < -0.39 is 0 Å². The summed E-state index contributed by atoms with van der Waals surface area (Å²) >= 11 is 0. The van der Waals surface area contributed by atoms with Gasteiger partial charge in [0.1, 0.15) is 0 Å². The molecule has 88 valence electrons. The third-order valence-electron chi connectivity index (χ3n) is 4.13. The average Bonchev–Trinajstić information content (AvgIpc) is 2.69. The van der Waals surface area contributed by atoms with Crippen molar-refractivity contribution in [3.05, 3.63) is 42.2 Å². The minimum absolute atomic E-state index is 0.142. The number of hydrogen-bond acceptors (Lipinski definition) is 2. The molecule has 1 fully saturated rings. The van der Waals surface area contributed by atoms with E-state index in [0.29, 0.717) is 11.8 Å². The number of benzene rings is 1. The summed E-state index contributed by atoms with van der Waals surface area (Å²) in [5.74, 6) is 0.838. The predicted molar refractivity (Wildman–Crippen MR) is 68.9 cm³/mol. The molecule has 3 unspecified atom stereocenters. The number of nitrogens with zero attached hydrogens (tertiary/aromatic N) is 1. The Hall–Kier alpha value is -1.41. The van der Waals surface area contributed by atoms with Crippen molar-refractivity contribution in [2.24, 2.45) is 5.92 Å². The minimum atomic E-state index is -0.142. The molecule has 17 heavy (non-hydrogen) atoms. The Morgan fingerprint density at radius 3 is 2.88 bits per heavy atom. The van der Waals surface area contributed by atoms with Gasteiger partial charge in [0.25, 0.3) is 0 Å². The zero-order valence-electron chi connectivity index (χ0n) is 10.0. The van der Waals surface area contributed by atoms with Crippen LogP contribution in [-0.4, -0.2) is 16.2 Å². The molecule has 1 heterocycles. The van der Waals surface area contributed by atoms with Crippen LogP contribution < -0.4 is 0 Å². The third-order valence-corrected chi connectivity index (χ3v) is 4.13. The number of rotatable bonds is 1. The van der Waals surface area contributed by atoms with Crippen LogP contribution in [0.1, 0.15) is 31.2 Å². The largest absolute Gasteiger partial charge is 0.393 e. The van der Waals surface area contributed by atoms with Gasteiger partial charge in [0.2, 0.25) is 0 Å². The first-order valence-corrected chi connectivity index (χ1v) is 6.28. The molecule has 1 aliphatic carbocycles. The zero-order valence-corrected chi connectivity index (χ0v) is 10.0. The first-order chi connectivity index (χ1) is 8.27. The van der Waals surface area contributed by atoms with Gasteiger partial charge < -0.3 is 5.11 Å². The Morgan fingerprint density at radius 1 is 1.24 bits per heavy atom. The number of aliphatic hydroxyl groups is 1. The number of hydrogen-bond donors (Lipinski definition) is 1. The normalized spacial score (nSPS) is 28.7. The lowest BCUT2D eigenvalue weighted by Gasteiger charge is -2.19. The van der Waals surface area contributed by atoms with Crippen LogP contribution in [0.25, 0.3) is 10.8 Å². The Bertz CT molecular complexity index is 532. The SMILES string of the molecule is CC1C(O)CCC1c1cccc2cnccc12. The summed E-state index contributed by atoms with van der Waals surface area (Å²) in [5, 5.41) is 12.4. The summed E-state index contributed by atoms with van der Waals surface area (Å²) < 4.78 is 0. The van der Waals surface area contributed by atoms with Gasteiger partial charge in [-0.1, -0.05) is 25.1 Å². The fraction of sp³-hybridized carbons (Fsp3) is 0.400. The molecule has 2 aromatic rings. The van der Waals surface area contributed by atoms with Crippen molar-refractivity contribution in [3.63, 3.8) is 0 Å². The molecule has 1 aromatic carbocycles. The van der Waals surface area contributed by atoms with E-state index in [9.17, 15) is 5.11 Å². The highest BCUT2D eigenvalue weighted by molar-refractivity contribution is 5.85. The molecule has 2 heteroatoms. The van der Waals surface area contributed by atoms with Crippen molar-refractivity contribution < 1.29 is 5.11 Å². The van der Waals surface area contributed by atoms with Gasteiger partial charge in [-0.3, -0.25) is 4.98 Å². The molecule has 0 radical (unpaired) electrons. The van der Waals surface area contributed by atoms with E-state index in [1.165, 1.54) is 16.3 Å². The van der Waals surface area contributed by atoms with Gasteiger partial charge in [-0.2, -0.15) is 0 Å². The van der Waals surface area contributed by atoms with Crippen LogP contribution in [0.3, 0.4) is 0 Å². The van der Waals surface area contributed by atoms with Crippen LogP contribution >= 0.6 is 0 Å². The number of aliphatic hydroxyl groups excluding tert-OH is 1. The Labute approximate surface area is 101 Å². The predicted octanol–water partition coefficient (Wildman–Crippen LogP) is 3.11. The molecule has 0 saturated heterocycles. The maximum atomic E-state index is 9.89. The average molecular weight is 227 g/mol. The van der Waals surface area contributed by atoms with E-state index in [1.807, 2.05) is 12.4 Å². The van der Waals surface area contributed by atoms with Crippen LogP contribution in [0.2, 0.25) is 0 Å². The van der Waals surface area contributed by atoms with Crippen molar-refractivity contribution in [1.82, 2.24) is 4.98 Å². The summed E-state index contributed by atoms with van der Waals surface area (Å²) in [7, 11) is 0. The van der Waals surface area contributed by atoms with Gasteiger partial charge in [0, 0.05) is 17.8 Å². The molecule has 1 N–H and O–H groups in total. The highest BCUT2D eigenvalue weighted by Crippen LogP contribution is 2.41. The van der Waals surface area contributed by atoms with Crippen molar-refractivity contribution in [3.8, 4) is 0 Å². The van der Waals surface area contributed by atoms with Crippen molar-refractivity contribution in [1.29, 1.82) is 0 Å². The fourth-order valence-electron chi connectivity index (χ4n) is 3.05. The van der Waals surface area contributed by atoms with Crippen LogP contribution in [0.5, 0.6) is 0 Å². The van der Waals surface area contributed by atoms with Crippen LogP contribution in [0.4, 0.5) is 0 Å². The first kappa shape index (κ1) is 10.7. The standard InChI is InChI=1S/C15H17NO/c1-10-12(5-6-15(10)17)14-4-2-3-11-9-16-8-7-13(11)14/h2-4,7-10,12,15,17H,5-6H2,1H3. The summed E-state index contributed by atoms with van der Waals surface area (Å²) in [6.45, 7) is 2.16. The van der Waals surface area contributed by atoms with Gasteiger partial charge in [0.15, 0.2) is 0 Å². The lowest BCUT2D eigenvalue weighted by molar-refractivity contribution is 0.137. The lowest BCUT2D eigenvalue weighted by Crippen LogP contribution is -2.14. The summed E-state index contributed by atoms with van der Waals surface area (Å²) in [5.41, 5.74) is 1.37. The quantitative estimate of drug-likeness (QED) is 0.812. The fourth-order valence-corrected chi connectivity index (χ4v) is 3.05. The van der Waals surface area contributed by atoms with E-state index in [2.05, 4.69) is 36.2 Å². The second kappa shape index (κ2) is 4.11. The molecule has 1 saturated carbocycles. The monoisotopic (exact) mass is 227 g/mol. The van der Waals surface area contributed by atoms with E-state index in [4.69, 9.17) is 0 Å². The maximum absolute atomic E-state index is 9.89. The summed E-state index contributed by atoms with van der Waals surface area (Å²) in [6.07, 6.45) is 5.63. The number of pyridine rings is 1. The molecular formula is C15H17NO. The van der Waals surface area contributed by atoms with Crippen molar-refractivity contribution in [2.75, 3.05) is 0 Å². The summed E-state index contributed by atoms with van der Waals surface area (Å²) in [4.78, 5) is 4.17. The lowest BCUT2D eigenvalue weighted by atomic mass is 9.87. The van der Waals surface area contributed by atoms with E-state index in [0.717, 1.165) is 12.8 Å². The first-order valence-electron chi connectivity index (χ1n) is 6.28. The molecular weight excluding hydrogens is 210 g/mol. The Morgan fingerprint density at radius 2 is 2.12 bits per heavy atom. The minimum Gasteiger partial charge on any atom is -0.393 e. The van der Waals surface area contributed by atoms with Gasteiger partial charge in [-0.25, -0.2) is 0 Å². The van der Waals surface area contributed by atoms with Crippen LogP contribution in [0.15, 0.2) is 36.7 Å². The van der Waals surface area contributed by atoms with Crippen LogP contribution in [-0.2, 0) is 0 Å². The smallest absolute Gasteiger partial charge is 0.0571 e. The van der Waals surface area contributed by atoms with Crippen molar-refractivity contribution in [2.45, 2.75) is 31.8 Å². The Kier molecular flexibility index (Phi) is 2.60. The van der Waals surface area contributed by atoms with Gasteiger partial charge in [-0.05, 0) is 41.7 Å². The Balaban J connectivity index is 2.11. The van der Waals surface area contributed by atoms with E-state index in [1.54, 1.807) is 0 Å². The van der Waals surface area contributed by atoms with E-state index in [-0.39, 0.29) is 6.10 Å². The van der Waals surface area contributed by atoms with E-state index >= 15 is 0 Å². The molecule has 0 spiro atoms. The van der Waals surface area contributed by atoms with Crippen molar-refractivity contribution >= 4 is 10.8 Å².